The third kappa shape index (κ3) is 5.53. The Morgan fingerprint density at radius 1 is 1.30 bits per heavy atom. The molecular formula is C18H24N2O3. The van der Waals surface area contributed by atoms with Gasteiger partial charge in [0.1, 0.15) is 11.9 Å². The molecule has 5 nitrogen and oxygen atoms in total. The highest BCUT2D eigenvalue weighted by Gasteiger charge is 2.19. The average Bonchev–Trinajstić information content (AvgIpc) is 2.47. The van der Waals surface area contributed by atoms with E-state index in [1.165, 1.54) is 5.57 Å². The Morgan fingerprint density at radius 2 is 2.00 bits per heavy atom. The summed E-state index contributed by atoms with van der Waals surface area (Å²) in [5, 5.41) is 1.85. The van der Waals surface area contributed by atoms with E-state index in [9.17, 15) is 9.59 Å². The number of hydrogen-bond acceptors (Lipinski definition) is 4. The largest absolute Gasteiger partial charge is 0.443 e. The maximum atomic E-state index is 11.8. The van der Waals surface area contributed by atoms with Crippen LogP contribution < -0.4 is 5.43 Å². The van der Waals surface area contributed by atoms with Crippen LogP contribution in [0.1, 0.15) is 38.3 Å². The van der Waals surface area contributed by atoms with Gasteiger partial charge in [-0.1, -0.05) is 30.3 Å². The zero-order valence-electron chi connectivity index (χ0n) is 14.0. The van der Waals surface area contributed by atoms with Crippen LogP contribution in [-0.4, -0.2) is 36.1 Å². The molecule has 0 saturated heterocycles. The molecule has 1 aliphatic heterocycles. The van der Waals surface area contributed by atoms with E-state index in [0.29, 0.717) is 13.0 Å². The van der Waals surface area contributed by atoms with Gasteiger partial charge in [0.15, 0.2) is 0 Å². The third-order valence-corrected chi connectivity index (χ3v) is 3.50. The fourth-order valence-corrected chi connectivity index (χ4v) is 2.41. The van der Waals surface area contributed by atoms with Gasteiger partial charge in [-0.15, -0.1) is 0 Å². The Bertz CT molecular complexity index is 585. The summed E-state index contributed by atoms with van der Waals surface area (Å²) in [5.41, 5.74) is 5.71. The summed E-state index contributed by atoms with van der Waals surface area (Å²) < 4.78 is 5.25. The van der Waals surface area contributed by atoms with Gasteiger partial charge in [-0.05, 0) is 43.9 Å². The average molecular weight is 316 g/mol. The van der Waals surface area contributed by atoms with Crippen LogP contribution in [0.2, 0.25) is 0 Å². The van der Waals surface area contributed by atoms with Crippen LogP contribution in [-0.2, 0) is 16.0 Å². The molecule has 23 heavy (non-hydrogen) atoms. The maximum absolute atomic E-state index is 11.8. The molecule has 1 aliphatic rings. The lowest BCUT2D eigenvalue weighted by atomic mass is 9.98. The van der Waals surface area contributed by atoms with Gasteiger partial charge in [0.05, 0.1) is 0 Å². The van der Waals surface area contributed by atoms with E-state index in [1.807, 2.05) is 50.0 Å². The van der Waals surface area contributed by atoms with E-state index in [-0.39, 0.29) is 0 Å². The van der Waals surface area contributed by atoms with E-state index in [2.05, 4.69) is 11.5 Å². The van der Waals surface area contributed by atoms with Gasteiger partial charge in [-0.25, -0.2) is 9.80 Å². The highest BCUT2D eigenvalue weighted by molar-refractivity contribution is 5.69. The fraction of sp³-hybridized carbons (Fsp3) is 0.444. The molecule has 1 aromatic carbocycles. The van der Waals surface area contributed by atoms with Gasteiger partial charge in [0.25, 0.3) is 0 Å². The number of rotatable bonds is 4. The Balaban J connectivity index is 1.90. The van der Waals surface area contributed by atoms with Gasteiger partial charge in [0.2, 0.25) is 0 Å². The molecule has 5 heteroatoms. The van der Waals surface area contributed by atoms with Gasteiger partial charge >= 0.3 is 6.09 Å². The van der Waals surface area contributed by atoms with Gasteiger partial charge in [-0.2, -0.15) is 0 Å². The van der Waals surface area contributed by atoms with Crippen molar-refractivity contribution in [2.24, 2.45) is 0 Å². The number of ether oxygens (including phenoxy) is 1. The fourth-order valence-electron chi connectivity index (χ4n) is 2.41. The van der Waals surface area contributed by atoms with Crippen LogP contribution in [0.15, 0.2) is 30.3 Å². The number of carbonyl (C=O) groups is 2. The summed E-state index contributed by atoms with van der Waals surface area (Å²) in [7, 11) is 0. The van der Waals surface area contributed by atoms with E-state index in [4.69, 9.17) is 4.74 Å². The molecule has 1 amide bonds. The smallest absolute Gasteiger partial charge is 0.422 e. The highest BCUT2D eigenvalue weighted by atomic mass is 16.6. The summed E-state index contributed by atoms with van der Waals surface area (Å²) in [6.07, 6.45) is 3.90. The summed E-state index contributed by atoms with van der Waals surface area (Å²) >= 11 is 0. The monoisotopic (exact) mass is 316 g/mol. The second-order valence-corrected chi connectivity index (χ2v) is 6.61. The number of nitrogens with one attached hydrogen (secondary N) is 1. The van der Waals surface area contributed by atoms with Crippen molar-refractivity contribution >= 4 is 18.0 Å². The normalized spacial score (nSPS) is 15.7. The van der Waals surface area contributed by atoms with Crippen molar-refractivity contribution in [1.82, 2.24) is 10.4 Å². The molecule has 124 valence electrons. The van der Waals surface area contributed by atoms with Crippen LogP contribution in [0.5, 0.6) is 0 Å². The first-order chi connectivity index (χ1) is 10.9. The van der Waals surface area contributed by atoms with Gasteiger partial charge in [0, 0.05) is 19.5 Å². The number of carbonyl (C=O) groups excluding carboxylic acids is 2. The molecule has 0 atom stereocenters. The number of hydrazine groups is 1. The molecular weight excluding hydrogens is 292 g/mol. The van der Waals surface area contributed by atoms with Crippen molar-refractivity contribution in [1.29, 1.82) is 0 Å². The molecule has 0 saturated carbocycles. The first kappa shape index (κ1) is 17.2. The molecule has 1 aromatic rings. The van der Waals surface area contributed by atoms with E-state index < -0.39 is 11.7 Å². The van der Waals surface area contributed by atoms with Crippen molar-refractivity contribution in [3.05, 3.63) is 41.5 Å². The second kappa shape index (κ2) is 7.42. The van der Waals surface area contributed by atoms with Crippen molar-refractivity contribution in [2.45, 2.75) is 39.2 Å². The lowest BCUT2D eigenvalue weighted by Gasteiger charge is -2.28. The lowest BCUT2D eigenvalue weighted by Crippen LogP contribution is -2.46. The van der Waals surface area contributed by atoms with Crippen molar-refractivity contribution in [3.63, 3.8) is 0 Å². The molecule has 0 aromatic heterocycles. The molecule has 1 heterocycles. The zero-order chi connectivity index (χ0) is 16.9. The first-order valence-electron chi connectivity index (χ1n) is 7.84. The predicted octanol–water partition coefficient (Wildman–Crippen LogP) is 2.96. The summed E-state index contributed by atoms with van der Waals surface area (Å²) in [5.74, 6) is 0. The van der Waals surface area contributed by atoms with Gasteiger partial charge < -0.3 is 9.53 Å². The van der Waals surface area contributed by atoms with Crippen molar-refractivity contribution in [3.8, 4) is 0 Å². The van der Waals surface area contributed by atoms with E-state index >= 15 is 0 Å². The molecule has 0 aliphatic carbocycles. The number of nitrogens with zero attached hydrogens (tertiary/aromatic N) is 1. The van der Waals surface area contributed by atoms with Crippen molar-refractivity contribution < 1.29 is 14.3 Å². The molecule has 0 unspecified atom stereocenters. The SMILES string of the molecule is CC(C)(C)OC(=O)NN1CC=C(c2ccc(CC=O)cc2)CC1. The maximum Gasteiger partial charge on any atom is 0.422 e. The topological polar surface area (TPSA) is 58.6 Å². The zero-order valence-corrected chi connectivity index (χ0v) is 14.0. The summed E-state index contributed by atoms with van der Waals surface area (Å²) in [4.78, 5) is 22.3. The minimum Gasteiger partial charge on any atom is -0.443 e. The molecule has 0 radical (unpaired) electrons. The summed E-state index contributed by atoms with van der Waals surface area (Å²) in [6.45, 7) is 6.91. The Hall–Kier alpha value is -2.14. The van der Waals surface area contributed by atoms with E-state index in [0.717, 1.165) is 30.4 Å². The molecule has 0 spiro atoms. The van der Waals surface area contributed by atoms with Crippen LogP contribution >= 0.6 is 0 Å². The molecule has 2 rings (SSSR count). The molecule has 0 fully saturated rings. The van der Waals surface area contributed by atoms with E-state index in [1.54, 1.807) is 0 Å². The Labute approximate surface area is 137 Å². The number of amides is 1. The summed E-state index contributed by atoms with van der Waals surface area (Å²) in [6, 6.07) is 8.05. The standard InChI is InChI=1S/C18H24N2O3/c1-18(2,3)23-17(22)19-20-11-8-16(9-12-20)15-6-4-14(5-7-15)10-13-21/h4-8,13H,9-12H2,1-3H3,(H,19,22). The van der Waals surface area contributed by atoms with Crippen LogP contribution in [0, 0.1) is 0 Å². The van der Waals surface area contributed by atoms with Gasteiger partial charge in [-0.3, -0.25) is 5.43 Å². The van der Waals surface area contributed by atoms with Crippen LogP contribution in [0.25, 0.3) is 5.57 Å². The van der Waals surface area contributed by atoms with Crippen molar-refractivity contribution in [2.75, 3.05) is 13.1 Å². The Morgan fingerprint density at radius 3 is 2.52 bits per heavy atom. The lowest BCUT2D eigenvalue weighted by molar-refractivity contribution is -0.107. The quantitative estimate of drug-likeness (QED) is 0.868. The third-order valence-electron chi connectivity index (χ3n) is 3.50. The number of benzene rings is 1. The van der Waals surface area contributed by atoms with Crippen LogP contribution in [0.3, 0.4) is 0 Å². The number of hydrogen-bond donors (Lipinski definition) is 1. The highest BCUT2D eigenvalue weighted by Crippen LogP contribution is 2.22. The number of aldehydes is 1. The second-order valence-electron chi connectivity index (χ2n) is 6.61. The minimum atomic E-state index is -0.496. The minimum absolute atomic E-state index is 0.424. The molecule has 1 N–H and O–H groups in total. The first-order valence-corrected chi connectivity index (χ1v) is 7.84. The predicted molar refractivity (Wildman–Crippen MR) is 89.7 cm³/mol. The molecule has 0 bridgehead atoms. The Kier molecular flexibility index (Phi) is 5.55. The van der Waals surface area contributed by atoms with Crippen LogP contribution in [0.4, 0.5) is 4.79 Å².